The van der Waals surface area contributed by atoms with Crippen LogP contribution in [0.15, 0.2) is 0 Å². The predicted molar refractivity (Wildman–Crippen MR) is 8.66 cm³/mol. The quantitative estimate of drug-likeness (QED) is 0.545. The van der Waals surface area contributed by atoms with Gasteiger partial charge >= 0.3 is 64.8 Å². The van der Waals surface area contributed by atoms with Crippen molar-refractivity contribution in [1.82, 2.24) is 0 Å². The second-order valence-electron chi connectivity index (χ2n) is 0. The summed E-state index contributed by atoms with van der Waals surface area (Å²) < 4.78 is 7.88. The van der Waals surface area contributed by atoms with Crippen molar-refractivity contribution in [2.24, 2.45) is 0 Å². The van der Waals surface area contributed by atoms with Crippen molar-refractivity contribution in [3.8, 4) is 0 Å². The maximum atomic E-state index is 7.88. The molecule has 0 amide bonds. The summed E-state index contributed by atoms with van der Waals surface area (Å²) in [6, 6.07) is 0. The predicted octanol–water partition coefficient (Wildman–Crippen LogP) is -0.280. The van der Waals surface area contributed by atoms with Gasteiger partial charge in [-0.05, 0) is 0 Å². The van der Waals surface area contributed by atoms with E-state index in [0.717, 1.165) is 0 Å². The van der Waals surface area contributed by atoms with Gasteiger partial charge in [-0.2, -0.15) is 0 Å². The summed E-state index contributed by atoms with van der Waals surface area (Å²) in [5, 5.41) is 0. The molecule has 5 heteroatoms. The minimum absolute atomic E-state index is 0. The van der Waals surface area contributed by atoms with Crippen LogP contribution in [0, 0.1) is 35.6 Å². The molecule has 0 aliphatic rings. The Labute approximate surface area is 117 Å². The van der Waals surface area contributed by atoms with Crippen molar-refractivity contribution in [3.63, 3.8) is 0 Å². The molecule has 0 saturated carbocycles. The van der Waals surface area contributed by atoms with Gasteiger partial charge in [0.05, 0.1) is 0 Å². The molecule has 0 aromatic rings. The Morgan fingerprint density at radius 1 is 1.40 bits per heavy atom. The van der Waals surface area contributed by atoms with Crippen LogP contribution in [0.5, 0.6) is 0 Å². The summed E-state index contributed by atoms with van der Waals surface area (Å²) in [5.74, 6) is 0. The first-order valence-electron chi connectivity index (χ1n) is 0.129. The molecule has 0 atom stereocenters. The Morgan fingerprint density at radius 2 is 1.40 bits per heavy atom. The third kappa shape index (κ3) is 18.5. The Kier molecular flexibility index (Phi) is 122. The third-order valence-electron chi connectivity index (χ3n) is 0. The van der Waals surface area contributed by atoms with Crippen LogP contribution in [0.3, 0.4) is 0 Å². The van der Waals surface area contributed by atoms with Gasteiger partial charge in [-0.3, -0.25) is 0 Å². The standard InChI is InChI=1S/La.Mn.Ni.O.Sr.2H/q;;;;+2;2*-1. The van der Waals surface area contributed by atoms with Crippen molar-refractivity contribution in [2.45, 2.75) is 0 Å². The van der Waals surface area contributed by atoms with Gasteiger partial charge in [-0.1, -0.05) is 0 Å². The zero-order valence-corrected chi connectivity index (χ0v) is 11.7. The Bertz CT molecular complexity index is 17.7. The van der Waals surface area contributed by atoms with Gasteiger partial charge in [0.15, 0.2) is 0 Å². The molecular weight excluding hydrogens is 356 g/mol. The van der Waals surface area contributed by atoms with Crippen molar-refractivity contribution < 1.29 is 74.8 Å². The molecule has 0 N–H and O–H groups in total. The van der Waals surface area contributed by atoms with Crippen LogP contribution >= 0.6 is 0 Å². The van der Waals surface area contributed by atoms with Gasteiger partial charge in [0.1, 0.15) is 0 Å². The fourth-order valence-electron chi connectivity index (χ4n) is 0. The van der Waals surface area contributed by atoms with Gasteiger partial charge in [0.25, 0.3) is 0 Å². The van der Waals surface area contributed by atoms with Crippen molar-refractivity contribution in [3.05, 3.63) is 0 Å². The largest absolute Gasteiger partial charge is 2.00 e. The maximum Gasteiger partial charge on any atom is 2.00 e. The van der Waals surface area contributed by atoms with Crippen molar-refractivity contribution in [1.29, 1.82) is 0 Å². The normalized spacial score (nSPS) is 1.20. The molecule has 0 aromatic heterocycles. The molecule has 1 nitrogen and oxygen atoms in total. The smallest absolute Gasteiger partial charge is 2.00 e. The number of hydrogen-bond donors (Lipinski definition) is 0. The molecule has 0 bridgehead atoms. The van der Waals surface area contributed by atoms with Crippen LogP contribution in [0.25, 0.3) is 0 Å². The van der Waals surface area contributed by atoms with E-state index in [1.807, 2.05) is 0 Å². The van der Waals surface area contributed by atoms with E-state index < -0.39 is 0 Å². The number of rotatable bonds is 0. The number of hydrogen-bond acceptors (Lipinski definition) is 1. The summed E-state index contributed by atoms with van der Waals surface area (Å²) in [6.07, 6.45) is 0. The SMILES string of the molecule is [H-].[H-].[La].[Mn].[O]=[Ni].[Sr+2]. The minimum atomic E-state index is 0. The first kappa shape index (κ1) is 23.6. The molecule has 0 spiro atoms. The van der Waals surface area contributed by atoms with Crippen molar-refractivity contribution >= 4 is 45.5 Å². The summed E-state index contributed by atoms with van der Waals surface area (Å²) in [7, 11) is 0. The Hall–Kier alpha value is 3.49. The van der Waals surface area contributed by atoms with E-state index in [0.29, 0.717) is 0 Å². The van der Waals surface area contributed by atoms with Crippen LogP contribution in [0.2, 0.25) is 0 Å². The fourth-order valence-corrected chi connectivity index (χ4v) is 0. The molecule has 2 radical (unpaired) electrons. The monoisotopic (exact) mass is 358 g/mol. The molecule has 0 unspecified atom stereocenters. The summed E-state index contributed by atoms with van der Waals surface area (Å²) in [6.45, 7) is 0. The molecule has 0 rings (SSSR count). The zero-order valence-electron chi connectivity index (χ0n) is 4.39. The van der Waals surface area contributed by atoms with Gasteiger partial charge < -0.3 is 2.85 Å². The molecule has 0 heterocycles. The first-order chi connectivity index (χ1) is 1.00. The topological polar surface area (TPSA) is 17.1 Å². The van der Waals surface area contributed by atoms with Gasteiger partial charge in [0, 0.05) is 52.7 Å². The molecule has 0 fully saturated rings. The van der Waals surface area contributed by atoms with E-state index >= 15 is 0 Å². The van der Waals surface area contributed by atoms with Crippen LogP contribution in [0.4, 0.5) is 0 Å². The summed E-state index contributed by atoms with van der Waals surface area (Å²) in [5.41, 5.74) is 0. The average Bonchev–Trinajstić information content (AvgIpc) is 1.00. The molecule has 0 aromatic carbocycles. The Balaban J connectivity index is -0.000000000500. The van der Waals surface area contributed by atoms with E-state index in [4.69, 9.17) is 3.90 Å². The van der Waals surface area contributed by atoms with E-state index in [1.165, 1.54) is 0 Å². The van der Waals surface area contributed by atoms with Gasteiger partial charge in [-0.25, -0.2) is 0 Å². The molecule has 30 valence electrons. The van der Waals surface area contributed by atoms with Crippen molar-refractivity contribution in [2.75, 3.05) is 0 Å². The van der Waals surface area contributed by atoms with Crippen LogP contribution < -0.4 is 0 Å². The molecule has 0 aliphatic carbocycles. The van der Waals surface area contributed by atoms with E-state index in [9.17, 15) is 0 Å². The average molecular weight is 358 g/mol. The molecule has 0 saturated heterocycles. The first-order valence-corrected chi connectivity index (χ1v) is 0.532. The van der Waals surface area contributed by atoms with E-state index in [-0.39, 0.29) is 101 Å². The summed E-state index contributed by atoms with van der Waals surface area (Å²) in [4.78, 5) is 0. The van der Waals surface area contributed by atoms with Crippen LogP contribution in [-0.4, -0.2) is 45.5 Å². The second-order valence-corrected chi connectivity index (χ2v) is 0. The molecule has 5 heavy (non-hydrogen) atoms. The molecule has 0 aliphatic heterocycles. The summed E-state index contributed by atoms with van der Waals surface area (Å²) >= 11 is 2.62. The third-order valence-corrected chi connectivity index (χ3v) is 0. The van der Waals surface area contributed by atoms with Crippen LogP contribution in [0.1, 0.15) is 2.85 Å². The second kappa shape index (κ2) is 25.9. The van der Waals surface area contributed by atoms with Crippen LogP contribution in [-0.2, 0) is 36.4 Å². The fraction of sp³-hybridized carbons (Fsp3) is 0. The molecular formula is H2LaMnNiOSr. The maximum absolute atomic E-state index is 7.88. The van der Waals surface area contributed by atoms with E-state index in [2.05, 4.69) is 15.4 Å². The van der Waals surface area contributed by atoms with Gasteiger partial charge in [-0.15, -0.1) is 0 Å². The van der Waals surface area contributed by atoms with E-state index in [1.54, 1.807) is 0 Å². The zero-order chi connectivity index (χ0) is 2.00. The van der Waals surface area contributed by atoms with Gasteiger partial charge in [0.2, 0.25) is 0 Å². The minimum Gasteiger partial charge on any atom is 2.00 e. The Morgan fingerprint density at radius 3 is 1.40 bits per heavy atom.